The van der Waals surface area contributed by atoms with Crippen LogP contribution in [-0.2, 0) is 11.3 Å². The summed E-state index contributed by atoms with van der Waals surface area (Å²) in [6.45, 7) is 3.14. The van der Waals surface area contributed by atoms with Crippen LogP contribution in [0.2, 0.25) is 0 Å². The molecule has 0 fully saturated rings. The Morgan fingerprint density at radius 1 is 1.42 bits per heavy atom. The van der Waals surface area contributed by atoms with Gasteiger partial charge in [0, 0.05) is 39.6 Å². The second-order valence-electron chi connectivity index (χ2n) is 6.10. The molecule has 1 aromatic carbocycles. The first kappa shape index (κ1) is 18.4. The van der Waals surface area contributed by atoms with Gasteiger partial charge in [-0.2, -0.15) is 8.78 Å². The van der Waals surface area contributed by atoms with E-state index in [4.69, 9.17) is 0 Å². The Bertz CT molecular complexity index is 604. The van der Waals surface area contributed by atoms with Crippen molar-refractivity contribution in [2.45, 2.75) is 39.5 Å². The molecule has 1 amide bonds. The number of rotatable bonds is 6. The lowest BCUT2D eigenvalue weighted by Gasteiger charge is -2.32. The predicted octanol–water partition coefficient (Wildman–Crippen LogP) is 3.29. The number of halogens is 2. The third-order valence-corrected chi connectivity index (χ3v) is 4.47. The van der Waals surface area contributed by atoms with Crippen LogP contribution in [0.3, 0.4) is 0 Å². The van der Waals surface area contributed by atoms with Crippen molar-refractivity contribution in [1.82, 2.24) is 9.80 Å². The highest BCUT2D eigenvalue weighted by atomic mass is 19.3. The summed E-state index contributed by atoms with van der Waals surface area (Å²) in [5.74, 6) is 0.245. The predicted molar refractivity (Wildman–Crippen MR) is 89.0 cm³/mol. The van der Waals surface area contributed by atoms with E-state index in [-0.39, 0.29) is 17.7 Å². The zero-order valence-corrected chi connectivity index (χ0v) is 14.3. The Morgan fingerprint density at radius 2 is 2.17 bits per heavy atom. The summed E-state index contributed by atoms with van der Waals surface area (Å²) in [6, 6.07) is 6.92. The number of carbonyl (C=O) groups is 1. The molecule has 24 heavy (non-hydrogen) atoms. The smallest absolute Gasteiger partial charge is 0.387 e. The molecule has 1 aromatic rings. The molecule has 0 radical (unpaired) electrons. The van der Waals surface area contributed by atoms with Crippen molar-refractivity contribution >= 4 is 5.91 Å². The Hall–Kier alpha value is -1.95. The van der Waals surface area contributed by atoms with Crippen molar-refractivity contribution in [2.24, 2.45) is 0 Å². The molecule has 0 spiro atoms. The van der Waals surface area contributed by atoms with Crippen molar-refractivity contribution in [3.63, 3.8) is 0 Å². The summed E-state index contributed by atoms with van der Waals surface area (Å²) in [5.41, 5.74) is 2.21. The lowest BCUT2D eigenvalue weighted by molar-refractivity contribution is -0.128. The van der Waals surface area contributed by atoms with Crippen LogP contribution in [0.25, 0.3) is 0 Å². The fourth-order valence-corrected chi connectivity index (χ4v) is 2.85. The Kier molecular flexibility index (Phi) is 6.31. The monoisotopic (exact) mass is 338 g/mol. The molecule has 1 atom stereocenters. The van der Waals surface area contributed by atoms with Gasteiger partial charge in [0.2, 0.25) is 5.91 Å². The van der Waals surface area contributed by atoms with E-state index in [1.165, 1.54) is 11.6 Å². The second-order valence-corrected chi connectivity index (χ2v) is 6.10. The molecule has 1 unspecified atom stereocenters. The zero-order chi connectivity index (χ0) is 17.7. The van der Waals surface area contributed by atoms with E-state index in [1.54, 1.807) is 24.0 Å². The van der Waals surface area contributed by atoms with Gasteiger partial charge in [-0.25, -0.2) is 0 Å². The van der Waals surface area contributed by atoms with Crippen LogP contribution in [0.4, 0.5) is 8.78 Å². The highest BCUT2D eigenvalue weighted by Gasteiger charge is 2.20. The Morgan fingerprint density at radius 3 is 2.75 bits per heavy atom. The molecule has 0 aliphatic carbocycles. The van der Waals surface area contributed by atoms with Crippen molar-refractivity contribution in [1.29, 1.82) is 0 Å². The van der Waals surface area contributed by atoms with Crippen molar-refractivity contribution in [2.75, 3.05) is 20.1 Å². The summed E-state index contributed by atoms with van der Waals surface area (Å²) in [6.07, 6.45) is 3.05. The Balaban J connectivity index is 1.94. The summed E-state index contributed by atoms with van der Waals surface area (Å²) in [5, 5.41) is 0. The maximum absolute atomic E-state index is 12.3. The van der Waals surface area contributed by atoms with Crippen LogP contribution in [0, 0.1) is 0 Å². The van der Waals surface area contributed by atoms with Gasteiger partial charge in [-0.05, 0) is 36.6 Å². The lowest BCUT2D eigenvalue weighted by atomic mass is 10.00. The summed E-state index contributed by atoms with van der Waals surface area (Å²) < 4.78 is 29.0. The number of hydrogen-bond acceptors (Lipinski definition) is 3. The van der Waals surface area contributed by atoms with E-state index in [2.05, 4.69) is 15.7 Å². The molecule has 0 N–H and O–H groups in total. The topological polar surface area (TPSA) is 32.8 Å². The SMILES string of the molecule is CC(=O)N(C)C(C)C1=CCN(Cc2cccc(OC(F)F)c2)CC1. The number of likely N-dealkylation sites (N-methyl/N-ethyl adjacent to an activating group) is 1. The average Bonchev–Trinajstić information content (AvgIpc) is 2.54. The lowest BCUT2D eigenvalue weighted by Crippen LogP contribution is -2.38. The van der Waals surface area contributed by atoms with E-state index in [1.807, 2.05) is 20.0 Å². The molecule has 0 saturated carbocycles. The van der Waals surface area contributed by atoms with Gasteiger partial charge in [0.05, 0.1) is 0 Å². The number of benzene rings is 1. The first-order chi connectivity index (χ1) is 11.4. The number of alkyl halides is 2. The number of nitrogens with zero attached hydrogens (tertiary/aromatic N) is 2. The maximum Gasteiger partial charge on any atom is 0.387 e. The van der Waals surface area contributed by atoms with Crippen molar-refractivity contribution < 1.29 is 18.3 Å². The summed E-state index contributed by atoms with van der Waals surface area (Å²) in [4.78, 5) is 15.4. The molecule has 6 heteroatoms. The van der Waals surface area contributed by atoms with Crippen molar-refractivity contribution in [3.05, 3.63) is 41.5 Å². The van der Waals surface area contributed by atoms with Gasteiger partial charge >= 0.3 is 6.61 Å². The number of amides is 1. The standard InChI is InChI=1S/C18H24F2N2O2/c1-13(21(3)14(2)23)16-7-9-22(10-8-16)12-15-5-4-6-17(11-15)24-18(19)20/h4-7,11,13,18H,8-10,12H2,1-3H3. The fourth-order valence-electron chi connectivity index (χ4n) is 2.85. The summed E-state index contributed by atoms with van der Waals surface area (Å²) >= 11 is 0. The Labute approximate surface area is 141 Å². The largest absolute Gasteiger partial charge is 0.435 e. The minimum atomic E-state index is -2.81. The molecular formula is C18H24F2N2O2. The van der Waals surface area contributed by atoms with E-state index < -0.39 is 6.61 Å². The van der Waals surface area contributed by atoms with Crippen LogP contribution in [0.15, 0.2) is 35.9 Å². The molecule has 0 bridgehead atoms. The minimum absolute atomic E-state index is 0.0571. The first-order valence-electron chi connectivity index (χ1n) is 8.05. The van der Waals surface area contributed by atoms with Crippen LogP contribution in [-0.4, -0.2) is 48.5 Å². The second kappa shape index (κ2) is 8.24. The first-order valence-corrected chi connectivity index (χ1v) is 8.05. The van der Waals surface area contributed by atoms with Crippen LogP contribution >= 0.6 is 0 Å². The average molecular weight is 338 g/mol. The van der Waals surface area contributed by atoms with Gasteiger partial charge in [-0.1, -0.05) is 18.2 Å². The molecule has 0 aromatic heterocycles. The highest BCUT2D eigenvalue weighted by Crippen LogP contribution is 2.21. The minimum Gasteiger partial charge on any atom is -0.435 e. The van der Waals surface area contributed by atoms with Gasteiger partial charge in [0.25, 0.3) is 0 Å². The highest BCUT2D eigenvalue weighted by molar-refractivity contribution is 5.73. The molecule has 4 nitrogen and oxygen atoms in total. The number of carbonyl (C=O) groups excluding carboxylic acids is 1. The number of ether oxygens (including phenoxy) is 1. The quantitative estimate of drug-likeness (QED) is 0.746. The van der Waals surface area contributed by atoms with E-state index in [0.29, 0.717) is 6.54 Å². The van der Waals surface area contributed by atoms with E-state index in [9.17, 15) is 13.6 Å². The normalized spacial score (nSPS) is 16.7. The van der Waals surface area contributed by atoms with Gasteiger partial charge in [0.15, 0.2) is 0 Å². The van der Waals surface area contributed by atoms with Gasteiger partial charge in [0.1, 0.15) is 5.75 Å². The fraction of sp³-hybridized carbons (Fsp3) is 0.500. The van der Waals surface area contributed by atoms with Gasteiger partial charge in [-0.15, -0.1) is 0 Å². The molecule has 132 valence electrons. The zero-order valence-electron chi connectivity index (χ0n) is 14.3. The molecule has 0 saturated heterocycles. The van der Waals surface area contributed by atoms with Crippen LogP contribution in [0.1, 0.15) is 25.8 Å². The third-order valence-electron chi connectivity index (χ3n) is 4.47. The van der Waals surface area contributed by atoms with Crippen molar-refractivity contribution in [3.8, 4) is 5.75 Å². The summed E-state index contributed by atoms with van der Waals surface area (Å²) in [7, 11) is 1.81. The molecule has 1 heterocycles. The van der Waals surface area contributed by atoms with E-state index in [0.717, 1.165) is 25.1 Å². The maximum atomic E-state index is 12.3. The molecule has 1 aliphatic rings. The van der Waals surface area contributed by atoms with Crippen LogP contribution in [0.5, 0.6) is 5.75 Å². The number of hydrogen-bond donors (Lipinski definition) is 0. The van der Waals surface area contributed by atoms with E-state index >= 15 is 0 Å². The third kappa shape index (κ3) is 5.03. The van der Waals surface area contributed by atoms with Gasteiger partial charge in [-0.3, -0.25) is 9.69 Å². The molecular weight excluding hydrogens is 314 g/mol. The molecule has 1 aliphatic heterocycles. The van der Waals surface area contributed by atoms with Gasteiger partial charge < -0.3 is 9.64 Å². The molecule has 2 rings (SSSR count). The van der Waals surface area contributed by atoms with Crippen LogP contribution < -0.4 is 4.74 Å².